The van der Waals surface area contributed by atoms with E-state index in [-0.39, 0.29) is 35.9 Å². The van der Waals surface area contributed by atoms with Gasteiger partial charge >= 0.3 is 6.03 Å². The first-order valence-corrected chi connectivity index (χ1v) is 8.80. The first kappa shape index (κ1) is 18.3. The summed E-state index contributed by atoms with van der Waals surface area (Å²) in [6.45, 7) is 1.46. The summed E-state index contributed by atoms with van der Waals surface area (Å²) < 4.78 is 24.0. The largest absolute Gasteiger partial charge is 0.385 e. The highest BCUT2D eigenvalue weighted by molar-refractivity contribution is 5.74. The van der Waals surface area contributed by atoms with Gasteiger partial charge < -0.3 is 19.5 Å². The highest BCUT2D eigenvalue weighted by Gasteiger charge is 2.26. The summed E-state index contributed by atoms with van der Waals surface area (Å²) in [6.07, 6.45) is 3.92. The standard InChI is InChI=1S/C18H23FN4O3/c1-25-11-9-13-6-4-5-10-23(13)18(24)20-12-16-21-17(22-26-16)14-7-2-3-8-15(14)19/h2-3,7-8,13H,4-6,9-12H2,1H3,(H,20,24)/t13-/m1/s1. The fourth-order valence-electron chi connectivity index (χ4n) is 3.15. The minimum Gasteiger partial charge on any atom is -0.385 e. The molecule has 0 unspecified atom stereocenters. The molecule has 0 spiro atoms. The maximum absolute atomic E-state index is 13.8. The van der Waals surface area contributed by atoms with Crippen molar-refractivity contribution in [1.82, 2.24) is 20.4 Å². The Morgan fingerprint density at radius 1 is 1.42 bits per heavy atom. The lowest BCUT2D eigenvalue weighted by Crippen LogP contribution is -2.48. The van der Waals surface area contributed by atoms with Gasteiger partial charge in [0.25, 0.3) is 0 Å². The van der Waals surface area contributed by atoms with E-state index in [1.165, 1.54) is 6.07 Å². The number of methoxy groups -OCH3 is 1. The van der Waals surface area contributed by atoms with Crippen LogP contribution in [0, 0.1) is 5.82 Å². The van der Waals surface area contributed by atoms with Crippen molar-refractivity contribution in [2.75, 3.05) is 20.3 Å². The van der Waals surface area contributed by atoms with Gasteiger partial charge in [-0.15, -0.1) is 0 Å². The lowest BCUT2D eigenvalue weighted by molar-refractivity contribution is 0.116. The number of carbonyl (C=O) groups excluding carboxylic acids is 1. The quantitative estimate of drug-likeness (QED) is 0.854. The molecule has 0 saturated carbocycles. The second-order valence-electron chi connectivity index (χ2n) is 6.27. The van der Waals surface area contributed by atoms with Crippen molar-refractivity contribution in [2.45, 2.75) is 38.3 Å². The van der Waals surface area contributed by atoms with Crippen molar-refractivity contribution in [3.63, 3.8) is 0 Å². The number of amides is 2. The summed E-state index contributed by atoms with van der Waals surface area (Å²) in [5, 5.41) is 6.60. The predicted octanol–water partition coefficient (Wildman–Crippen LogP) is 2.98. The van der Waals surface area contributed by atoms with Gasteiger partial charge in [0, 0.05) is 26.3 Å². The highest BCUT2D eigenvalue weighted by Crippen LogP contribution is 2.21. The Morgan fingerprint density at radius 2 is 2.27 bits per heavy atom. The molecule has 0 bridgehead atoms. The molecule has 1 fully saturated rings. The van der Waals surface area contributed by atoms with Gasteiger partial charge in [0.1, 0.15) is 5.82 Å². The van der Waals surface area contributed by atoms with Crippen LogP contribution in [-0.4, -0.2) is 47.4 Å². The van der Waals surface area contributed by atoms with Crippen LogP contribution in [0.25, 0.3) is 11.4 Å². The lowest BCUT2D eigenvalue weighted by Gasteiger charge is -2.35. The van der Waals surface area contributed by atoms with Gasteiger partial charge in [-0.2, -0.15) is 4.98 Å². The van der Waals surface area contributed by atoms with Crippen molar-refractivity contribution in [1.29, 1.82) is 0 Å². The summed E-state index contributed by atoms with van der Waals surface area (Å²) in [7, 11) is 1.66. The summed E-state index contributed by atoms with van der Waals surface area (Å²) >= 11 is 0. The number of likely N-dealkylation sites (tertiary alicyclic amines) is 1. The molecule has 140 valence electrons. The number of urea groups is 1. The molecule has 2 aromatic rings. The monoisotopic (exact) mass is 362 g/mol. The molecule has 0 aliphatic carbocycles. The molecule has 0 radical (unpaired) electrons. The van der Waals surface area contributed by atoms with Crippen LogP contribution in [0.4, 0.5) is 9.18 Å². The van der Waals surface area contributed by atoms with Crippen LogP contribution in [0.5, 0.6) is 0 Å². The van der Waals surface area contributed by atoms with Crippen LogP contribution < -0.4 is 5.32 Å². The molecule has 7 nitrogen and oxygen atoms in total. The summed E-state index contributed by atoms with van der Waals surface area (Å²) in [5.41, 5.74) is 0.268. The average molecular weight is 362 g/mol. The van der Waals surface area contributed by atoms with E-state index in [1.54, 1.807) is 25.3 Å². The lowest BCUT2D eigenvalue weighted by atomic mass is 10.0. The van der Waals surface area contributed by atoms with Gasteiger partial charge in [0.2, 0.25) is 11.7 Å². The van der Waals surface area contributed by atoms with Crippen molar-refractivity contribution < 1.29 is 18.4 Å². The third-order valence-electron chi connectivity index (χ3n) is 4.52. The van der Waals surface area contributed by atoms with Gasteiger partial charge in [-0.1, -0.05) is 17.3 Å². The minimum atomic E-state index is -0.418. The molecule has 1 saturated heterocycles. The fraction of sp³-hybridized carbons (Fsp3) is 0.500. The maximum atomic E-state index is 13.8. The zero-order chi connectivity index (χ0) is 18.4. The molecule has 1 aromatic heterocycles. The van der Waals surface area contributed by atoms with Crippen molar-refractivity contribution in [3.05, 3.63) is 36.0 Å². The number of benzene rings is 1. The Labute approximate surface area is 151 Å². The smallest absolute Gasteiger partial charge is 0.318 e. The van der Waals surface area contributed by atoms with E-state index in [0.717, 1.165) is 32.2 Å². The van der Waals surface area contributed by atoms with Crippen LogP contribution in [0.15, 0.2) is 28.8 Å². The Bertz CT molecular complexity index is 737. The predicted molar refractivity (Wildman–Crippen MR) is 92.8 cm³/mol. The summed E-state index contributed by atoms with van der Waals surface area (Å²) in [5.74, 6) is -0.0106. The third kappa shape index (κ3) is 4.37. The first-order valence-electron chi connectivity index (χ1n) is 8.80. The number of halogens is 1. The molecule has 8 heteroatoms. The molecule has 1 aromatic carbocycles. The van der Waals surface area contributed by atoms with Crippen LogP contribution in [0.2, 0.25) is 0 Å². The van der Waals surface area contributed by atoms with Crippen LogP contribution >= 0.6 is 0 Å². The molecule has 26 heavy (non-hydrogen) atoms. The number of piperidine rings is 1. The van der Waals surface area contributed by atoms with E-state index in [4.69, 9.17) is 9.26 Å². The number of hydrogen-bond donors (Lipinski definition) is 1. The highest BCUT2D eigenvalue weighted by atomic mass is 19.1. The van der Waals surface area contributed by atoms with Crippen LogP contribution in [-0.2, 0) is 11.3 Å². The zero-order valence-corrected chi connectivity index (χ0v) is 14.8. The van der Waals surface area contributed by atoms with E-state index in [0.29, 0.717) is 6.61 Å². The molecule has 1 aliphatic rings. The maximum Gasteiger partial charge on any atom is 0.318 e. The third-order valence-corrected chi connectivity index (χ3v) is 4.52. The van der Waals surface area contributed by atoms with Crippen LogP contribution in [0.3, 0.4) is 0 Å². The van der Waals surface area contributed by atoms with Crippen molar-refractivity contribution in [2.24, 2.45) is 0 Å². The second kappa shape index (κ2) is 8.75. The number of hydrogen-bond acceptors (Lipinski definition) is 5. The Kier molecular flexibility index (Phi) is 6.17. The normalized spacial score (nSPS) is 17.3. The summed E-state index contributed by atoms with van der Waals surface area (Å²) in [4.78, 5) is 18.5. The number of rotatable bonds is 6. The molecular weight excluding hydrogens is 339 g/mol. The van der Waals surface area contributed by atoms with E-state index in [9.17, 15) is 9.18 Å². The Morgan fingerprint density at radius 3 is 3.08 bits per heavy atom. The van der Waals surface area contributed by atoms with Gasteiger partial charge in [0.05, 0.1) is 12.1 Å². The second-order valence-corrected chi connectivity index (χ2v) is 6.27. The fourth-order valence-corrected chi connectivity index (χ4v) is 3.15. The SMILES string of the molecule is COCC[C@H]1CCCCN1C(=O)NCc1nc(-c2ccccc2F)no1. The van der Waals surface area contributed by atoms with Crippen molar-refractivity contribution >= 4 is 6.03 Å². The minimum absolute atomic E-state index is 0.105. The molecule has 1 atom stereocenters. The Balaban J connectivity index is 1.58. The van der Waals surface area contributed by atoms with E-state index in [1.807, 2.05) is 4.90 Å². The Hall–Kier alpha value is -2.48. The van der Waals surface area contributed by atoms with Crippen LogP contribution in [0.1, 0.15) is 31.6 Å². The number of aromatic nitrogens is 2. The zero-order valence-electron chi connectivity index (χ0n) is 14.8. The molecule has 2 heterocycles. The molecule has 2 amide bonds. The number of carbonyl (C=O) groups is 1. The number of nitrogens with one attached hydrogen (secondary N) is 1. The van der Waals surface area contributed by atoms with E-state index >= 15 is 0 Å². The van der Waals surface area contributed by atoms with Gasteiger partial charge in [-0.3, -0.25) is 0 Å². The number of nitrogens with zero attached hydrogens (tertiary/aromatic N) is 3. The topological polar surface area (TPSA) is 80.5 Å². The van der Waals surface area contributed by atoms with E-state index < -0.39 is 5.82 Å². The van der Waals surface area contributed by atoms with Gasteiger partial charge in [0.15, 0.2) is 0 Å². The molecule has 1 N–H and O–H groups in total. The average Bonchev–Trinajstić information content (AvgIpc) is 3.14. The molecule has 1 aliphatic heterocycles. The first-order chi connectivity index (χ1) is 12.7. The van der Waals surface area contributed by atoms with Gasteiger partial charge in [-0.05, 0) is 37.8 Å². The summed E-state index contributed by atoms with van der Waals surface area (Å²) in [6, 6.07) is 6.24. The van der Waals surface area contributed by atoms with E-state index in [2.05, 4.69) is 15.5 Å². The number of ether oxygens (including phenoxy) is 1. The van der Waals surface area contributed by atoms with Gasteiger partial charge in [-0.25, -0.2) is 9.18 Å². The molecular formula is C18H23FN4O3. The van der Waals surface area contributed by atoms with Crippen molar-refractivity contribution in [3.8, 4) is 11.4 Å². The molecule has 3 rings (SSSR count).